The fourth-order valence-electron chi connectivity index (χ4n) is 2.35. The van der Waals surface area contributed by atoms with Gasteiger partial charge >= 0.3 is 0 Å². The molecule has 0 saturated heterocycles. The average molecular weight is 298 g/mol. The van der Waals surface area contributed by atoms with Crippen LogP contribution in [-0.4, -0.2) is 20.0 Å². The minimum absolute atomic E-state index is 0.283. The normalized spacial score (nSPS) is 10.3. The summed E-state index contributed by atoms with van der Waals surface area (Å²) in [7, 11) is 3.26. The van der Waals surface area contributed by atoms with Crippen LogP contribution in [0.25, 0.3) is 0 Å². The van der Waals surface area contributed by atoms with Crippen molar-refractivity contribution in [2.45, 2.75) is 25.7 Å². The molecule has 116 valence electrons. The largest absolute Gasteiger partial charge is 0.497 e. The molecule has 0 radical (unpaired) electrons. The first kappa shape index (κ1) is 16.1. The molecule has 0 spiro atoms. The lowest BCUT2D eigenvalue weighted by Crippen LogP contribution is -2.02. The van der Waals surface area contributed by atoms with Gasteiger partial charge in [0.2, 0.25) is 0 Å². The van der Waals surface area contributed by atoms with Crippen molar-refractivity contribution in [3.8, 4) is 11.5 Å². The summed E-state index contributed by atoms with van der Waals surface area (Å²) in [6.07, 6.45) is 2.65. The zero-order chi connectivity index (χ0) is 15.8. The fraction of sp³-hybridized carbons (Fsp3) is 0.316. The number of rotatable bonds is 8. The van der Waals surface area contributed by atoms with Crippen LogP contribution in [-0.2, 0) is 17.6 Å². The fourth-order valence-corrected chi connectivity index (χ4v) is 2.35. The number of Topliss-reactive ketones (excluding diaryl/α,β-unsaturated/α-hetero) is 1. The van der Waals surface area contributed by atoms with Crippen LogP contribution in [0.1, 0.15) is 24.0 Å². The van der Waals surface area contributed by atoms with Crippen LogP contribution in [0.15, 0.2) is 48.5 Å². The average Bonchev–Trinajstić information content (AvgIpc) is 2.58. The van der Waals surface area contributed by atoms with Gasteiger partial charge in [-0.15, -0.1) is 0 Å². The number of ether oxygens (including phenoxy) is 2. The van der Waals surface area contributed by atoms with Crippen molar-refractivity contribution in [2.24, 2.45) is 0 Å². The van der Waals surface area contributed by atoms with E-state index in [1.807, 2.05) is 36.4 Å². The molecule has 22 heavy (non-hydrogen) atoms. The second-order valence-corrected chi connectivity index (χ2v) is 5.25. The van der Waals surface area contributed by atoms with Crippen molar-refractivity contribution in [3.05, 3.63) is 59.7 Å². The number of aryl methyl sites for hydroxylation is 2. The number of benzene rings is 2. The van der Waals surface area contributed by atoms with Crippen LogP contribution in [0.5, 0.6) is 11.5 Å². The predicted octanol–water partition coefficient (Wildman–Crippen LogP) is 3.84. The maximum absolute atomic E-state index is 12.0. The number of ketones is 1. The molecule has 2 aromatic rings. The van der Waals surface area contributed by atoms with Crippen LogP contribution in [0.4, 0.5) is 0 Å². The molecule has 0 fully saturated rings. The molecule has 2 rings (SSSR count). The van der Waals surface area contributed by atoms with Gasteiger partial charge in [-0.1, -0.05) is 30.3 Å². The smallest absolute Gasteiger partial charge is 0.133 e. The Morgan fingerprint density at radius 3 is 1.91 bits per heavy atom. The topological polar surface area (TPSA) is 35.5 Å². The van der Waals surface area contributed by atoms with Crippen molar-refractivity contribution < 1.29 is 14.3 Å². The van der Waals surface area contributed by atoms with Gasteiger partial charge in [-0.2, -0.15) is 0 Å². The van der Waals surface area contributed by atoms with E-state index in [0.29, 0.717) is 19.3 Å². The van der Waals surface area contributed by atoms with Crippen LogP contribution in [0.3, 0.4) is 0 Å². The summed E-state index contributed by atoms with van der Waals surface area (Å²) < 4.78 is 10.5. The Morgan fingerprint density at radius 1 is 0.818 bits per heavy atom. The van der Waals surface area contributed by atoms with Crippen molar-refractivity contribution in [1.82, 2.24) is 0 Å². The van der Waals surface area contributed by atoms with Gasteiger partial charge in [0.1, 0.15) is 17.3 Å². The first-order valence-electron chi connectivity index (χ1n) is 7.49. The Hall–Kier alpha value is -2.29. The summed E-state index contributed by atoms with van der Waals surface area (Å²) in [4.78, 5) is 12.0. The van der Waals surface area contributed by atoms with E-state index in [1.165, 1.54) is 5.56 Å². The van der Waals surface area contributed by atoms with Gasteiger partial charge in [-0.3, -0.25) is 4.79 Å². The van der Waals surface area contributed by atoms with Gasteiger partial charge in [0.15, 0.2) is 0 Å². The van der Waals surface area contributed by atoms with Gasteiger partial charge in [0.25, 0.3) is 0 Å². The van der Waals surface area contributed by atoms with E-state index < -0.39 is 0 Å². The molecule has 0 aliphatic carbocycles. The molecule has 0 saturated carbocycles. The van der Waals surface area contributed by atoms with Gasteiger partial charge in [-0.05, 0) is 36.1 Å². The molecule has 0 amide bonds. The zero-order valence-electron chi connectivity index (χ0n) is 13.2. The molecule has 3 nitrogen and oxygen atoms in total. The molecule has 0 bridgehead atoms. The lowest BCUT2D eigenvalue weighted by molar-refractivity contribution is -0.119. The standard InChI is InChI=1S/C19H22O3/c1-21-18-12-16(13-19(14-18)22-2)9-11-17(20)10-8-15-6-4-3-5-7-15/h3-7,12-14H,8-11H2,1-2H3. The lowest BCUT2D eigenvalue weighted by Gasteiger charge is -2.08. The highest BCUT2D eigenvalue weighted by atomic mass is 16.5. The number of carbonyl (C=O) groups is 1. The highest BCUT2D eigenvalue weighted by Crippen LogP contribution is 2.23. The van der Waals surface area contributed by atoms with Crippen LogP contribution in [0.2, 0.25) is 0 Å². The monoisotopic (exact) mass is 298 g/mol. The van der Waals surface area contributed by atoms with E-state index in [0.717, 1.165) is 23.5 Å². The van der Waals surface area contributed by atoms with E-state index in [1.54, 1.807) is 14.2 Å². The molecule has 0 unspecified atom stereocenters. The van der Waals surface area contributed by atoms with Gasteiger partial charge in [-0.25, -0.2) is 0 Å². The van der Waals surface area contributed by atoms with Crippen LogP contribution >= 0.6 is 0 Å². The first-order chi connectivity index (χ1) is 10.7. The number of hydrogen-bond donors (Lipinski definition) is 0. The van der Waals surface area contributed by atoms with Crippen molar-refractivity contribution in [3.63, 3.8) is 0 Å². The minimum Gasteiger partial charge on any atom is -0.497 e. The summed E-state index contributed by atoms with van der Waals surface area (Å²) in [6, 6.07) is 15.8. The summed E-state index contributed by atoms with van der Waals surface area (Å²) >= 11 is 0. The van der Waals surface area contributed by atoms with Crippen molar-refractivity contribution in [1.29, 1.82) is 0 Å². The first-order valence-corrected chi connectivity index (χ1v) is 7.49. The number of methoxy groups -OCH3 is 2. The third kappa shape index (κ3) is 4.92. The van der Waals surface area contributed by atoms with Gasteiger partial charge < -0.3 is 9.47 Å². The zero-order valence-corrected chi connectivity index (χ0v) is 13.2. The summed E-state index contributed by atoms with van der Waals surface area (Å²) in [5.41, 5.74) is 2.27. The summed E-state index contributed by atoms with van der Waals surface area (Å²) in [5, 5.41) is 0. The molecule has 0 aliphatic heterocycles. The van der Waals surface area contributed by atoms with E-state index in [-0.39, 0.29) is 5.78 Å². The highest BCUT2D eigenvalue weighted by Gasteiger charge is 2.06. The quantitative estimate of drug-likeness (QED) is 0.743. The second-order valence-electron chi connectivity index (χ2n) is 5.25. The Morgan fingerprint density at radius 2 is 1.36 bits per heavy atom. The maximum atomic E-state index is 12.0. The SMILES string of the molecule is COc1cc(CCC(=O)CCc2ccccc2)cc(OC)c1. The number of hydrogen-bond acceptors (Lipinski definition) is 3. The third-order valence-electron chi connectivity index (χ3n) is 3.64. The van der Waals surface area contributed by atoms with Crippen molar-refractivity contribution in [2.75, 3.05) is 14.2 Å². The Balaban J connectivity index is 1.85. The molecule has 0 atom stereocenters. The molecule has 3 heteroatoms. The Labute approximate surface area is 131 Å². The number of carbonyl (C=O) groups excluding carboxylic acids is 1. The Bertz CT molecular complexity index is 583. The second kappa shape index (κ2) is 8.23. The third-order valence-corrected chi connectivity index (χ3v) is 3.64. The van der Waals surface area contributed by atoms with Gasteiger partial charge in [0, 0.05) is 18.9 Å². The molecule has 0 aromatic heterocycles. The molecule has 0 heterocycles. The maximum Gasteiger partial charge on any atom is 0.133 e. The minimum atomic E-state index is 0.283. The molecular formula is C19H22O3. The Kier molecular flexibility index (Phi) is 6.01. The van der Waals surface area contributed by atoms with E-state index in [4.69, 9.17) is 9.47 Å². The van der Waals surface area contributed by atoms with E-state index in [2.05, 4.69) is 12.1 Å². The van der Waals surface area contributed by atoms with Gasteiger partial charge in [0.05, 0.1) is 14.2 Å². The summed E-state index contributed by atoms with van der Waals surface area (Å²) in [6.45, 7) is 0. The van der Waals surface area contributed by atoms with E-state index in [9.17, 15) is 4.79 Å². The highest BCUT2D eigenvalue weighted by molar-refractivity contribution is 5.78. The molecular weight excluding hydrogens is 276 g/mol. The molecule has 0 N–H and O–H groups in total. The predicted molar refractivity (Wildman–Crippen MR) is 87.6 cm³/mol. The van der Waals surface area contributed by atoms with E-state index >= 15 is 0 Å². The molecule has 0 aliphatic rings. The lowest BCUT2D eigenvalue weighted by atomic mass is 10.0. The van der Waals surface area contributed by atoms with Crippen molar-refractivity contribution >= 4 is 5.78 Å². The molecule has 2 aromatic carbocycles. The summed E-state index contributed by atoms with van der Waals surface area (Å²) in [5.74, 6) is 1.79. The van der Waals surface area contributed by atoms with Crippen LogP contribution in [0, 0.1) is 0 Å². The van der Waals surface area contributed by atoms with Crippen LogP contribution < -0.4 is 9.47 Å².